The number of hydrogen-bond acceptors (Lipinski definition) is 4. The molecule has 0 saturated heterocycles. The highest BCUT2D eigenvalue weighted by Crippen LogP contribution is 2.04. The van der Waals surface area contributed by atoms with E-state index in [2.05, 4.69) is 30.5 Å². The molecule has 1 heterocycles. The second-order valence-electron chi connectivity index (χ2n) is 4.29. The van der Waals surface area contributed by atoms with E-state index in [9.17, 15) is 0 Å². The van der Waals surface area contributed by atoms with Crippen LogP contribution < -0.4 is 5.32 Å². The van der Waals surface area contributed by atoms with E-state index in [1.165, 1.54) is 5.56 Å². The van der Waals surface area contributed by atoms with E-state index < -0.39 is 0 Å². The van der Waals surface area contributed by atoms with Crippen LogP contribution in [0.1, 0.15) is 31.9 Å². The number of hydrogen-bond donors (Lipinski definition) is 2. The zero-order valence-electron chi connectivity index (χ0n) is 10.7. The van der Waals surface area contributed by atoms with E-state index in [1.54, 1.807) is 0 Å². The molecule has 0 atom stereocenters. The van der Waals surface area contributed by atoms with Gasteiger partial charge in [-0.25, -0.2) is 0 Å². The third-order valence-corrected chi connectivity index (χ3v) is 2.39. The van der Waals surface area contributed by atoms with Gasteiger partial charge in [-0.15, -0.1) is 0 Å². The first-order chi connectivity index (χ1) is 8.24. The summed E-state index contributed by atoms with van der Waals surface area (Å²) >= 11 is 0. The summed E-state index contributed by atoms with van der Waals surface area (Å²) in [5.41, 5.74) is 1.20. The van der Waals surface area contributed by atoms with Crippen LogP contribution in [0.4, 0.5) is 0 Å². The highest BCUT2D eigenvalue weighted by Gasteiger charge is 2.00. The van der Waals surface area contributed by atoms with Crippen LogP contribution >= 0.6 is 0 Å². The summed E-state index contributed by atoms with van der Waals surface area (Å²) in [6.45, 7) is 7.21. The topological polar surface area (TPSA) is 59.3 Å². The van der Waals surface area contributed by atoms with Crippen LogP contribution in [0.25, 0.3) is 0 Å². The van der Waals surface area contributed by atoms with Gasteiger partial charge in [-0.1, -0.05) is 0 Å². The first-order valence-electron chi connectivity index (χ1n) is 6.16. The Labute approximate surface area is 103 Å². The summed E-state index contributed by atoms with van der Waals surface area (Å²) in [6.07, 6.45) is 4.92. The maximum atomic E-state index is 8.51. The van der Waals surface area contributed by atoms with Gasteiger partial charge in [0.15, 0.2) is 0 Å². The molecule has 1 aromatic heterocycles. The van der Waals surface area contributed by atoms with Gasteiger partial charge in [0.1, 0.15) is 0 Å². The normalized spacial score (nSPS) is 11.3. The number of aliphatic hydroxyl groups excluding tert-OH is 1. The molecule has 0 aliphatic carbocycles. The van der Waals surface area contributed by atoms with E-state index in [1.807, 2.05) is 10.9 Å². The van der Waals surface area contributed by atoms with Crippen LogP contribution in [0.2, 0.25) is 0 Å². The highest BCUT2D eigenvalue weighted by molar-refractivity contribution is 5.03. The van der Waals surface area contributed by atoms with Crippen LogP contribution in [0.3, 0.4) is 0 Å². The van der Waals surface area contributed by atoms with Crippen molar-refractivity contribution >= 4 is 0 Å². The van der Waals surface area contributed by atoms with Gasteiger partial charge >= 0.3 is 0 Å². The van der Waals surface area contributed by atoms with Crippen molar-refractivity contribution in [3.05, 3.63) is 18.0 Å². The lowest BCUT2D eigenvalue weighted by atomic mass is 10.3. The second-order valence-corrected chi connectivity index (χ2v) is 4.29. The summed E-state index contributed by atoms with van der Waals surface area (Å²) in [6, 6.07) is 0.413. The minimum atomic E-state index is 0.0990. The summed E-state index contributed by atoms with van der Waals surface area (Å²) < 4.78 is 7.12. The molecule has 0 aliphatic heterocycles. The minimum Gasteiger partial charge on any atom is -0.394 e. The van der Waals surface area contributed by atoms with E-state index in [-0.39, 0.29) is 6.61 Å². The molecule has 5 nitrogen and oxygen atoms in total. The van der Waals surface area contributed by atoms with Crippen molar-refractivity contribution in [2.45, 2.75) is 32.9 Å². The number of rotatable bonds is 9. The standard InChI is InChI=1S/C12H23N3O2/c1-11(2)15-10-12(9-14-15)8-13-4-3-6-17-7-5-16/h9-11,13,16H,3-8H2,1-2H3. The van der Waals surface area contributed by atoms with Crippen molar-refractivity contribution in [1.82, 2.24) is 15.1 Å². The fraction of sp³-hybridized carbons (Fsp3) is 0.750. The third-order valence-electron chi connectivity index (χ3n) is 2.39. The first-order valence-corrected chi connectivity index (χ1v) is 6.16. The number of nitrogens with one attached hydrogen (secondary N) is 1. The quantitative estimate of drug-likeness (QED) is 0.632. The summed E-state index contributed by atoms with van der Waals surface area (Å²) in [5.74, 6) is 0. The summed E-state index contributed by atoms with van der Waals surface area (Å²) in [5, 5.41) is 16.1. The fourth-order valence-corrected chi connectivity index (χ4v) is 1.45. The molecule has 17 heavy (non-hydrogen) atoms. The number of ether oxygens (including phenoxy) is 1. The van der Waals surface area contributed by atoms with E-state index in [0.29, 0.717) is 19.3 Å². The number of aliphatic hydroxyl groups is 1. The Hall–Kier alpha value is -0.910. The Balaban J connectivity index is 2.05. The van der Waals surface area contributed by atoms with Gasteiger partial charge in [-0.3, -0.25) is 4.68 Å². The minimum absolute atomic E-state index is 0.0990. The SMILES string of the molecule is CC(C)n1cc(CNCCCOCCO)cn1. The van der Waals surface area contributed by atoms with Crippen LogP contribution in [-0.4, -0.2) is 41.3 Å². The van der Waals surface area contributed by atoms with Crippen molar-refractivity contribution in [2.24, 2.45) is 0 Å². The molecule has 0 aliphatic rings. The molecule has 1 rings (SSSR count). The lowest BCUT2D eigenvalue weighted by Gasteiger charge is -2.04. The lowest BCUT2D eigenvalue weighted by molar-refractivity contribution is 0.0907. The van der Waals surface area contributed by atoms with Crippen molar-refractivity contribution < 1.29 is 9.84 Å². The zero-order chi connectivity index (χ0) is 12.5. The molecular formula is C12H23N3O2. The van der Waals surface area contributed by atoms with Gasteiger partial charge in [-0.2, -0.15) is 5.10 Å². The Morgan fingerprint density at radius 3 is 2.94 bits per heavy atom. The molecule has 0 fully saturated rings. The molecule has 1 aromatic rings. The van der Waals surface area contributed by atoms with Gasteiger partial charge in [0.2, 0.25) is 0 Å². The van der Waals surface area contributed by atoms with Gasteiger partial charge < -0.3 is 15.2 Å². The van der Waals surface area contributed by atoms with E-state index >= 15 is 0 Å². The van der Waals surface area contributed by atoms with Crippen molar-refractivity contribution in [1.29, 1.82) is 0 Å². The molecule has 98 valence electrons. The average molecular weight is 241 g/mol. The van der Waals surface area contributed by atoms with Crippen molar-refractivity contribution in [2.75, 3.05) is 26.4 Å². The molecule has 0 spiro atoms. The fourth-order valence-electron chi connectivity index (χ4n) is 1.45. The number of nitrogens with zero attached hydrogens (tertiary/aromatic N) is 2. The molecular weight excluding hydrogens is 218 g/mol. The maximum absolute atomic E-state index is 8.51. The largest absolute Gasteiger partial charge is 0.394 e. The third kappa shape index (κ3) is 5.81. The summed E-state index contributed by atoms with van der Waals surface area (Å²) in [4.78, 5) is 0. The predicted molar refractivity (Wildman–Crippen MR) is 66.8 cm³/mol. The molecule has 5 heteroatoms. The monoisotopic (exact) mass is 241 g/mol. The van der Waals surface area contributed by atoms with Crippen molar-refractivity contribution in [3.8, 4) is 0 Å². The first kappa shape index (κ1) is 14.2. The molecule has 2 N–H and O–H groups in total. The van der Waals surface area contributed by atoms with Gasteiger partial charge in [0.25, 0.3) is 0 Å². The van der Waals surface area contributed by atoms with Crippen LogP contribution in [-0.2, 0) is 11.3 Å². The Kier molecular flexibility index (Phi) is 6.84. The maximum Gasteiger partial charge on any atom is 0.0697 e. The van der Waals surface area contributed by atoms with E-state index in [0.717, 1.165) is 19.5 Å². The van der Waals surface area contributed by atoms with Crippen LogP contribution in [0.15, 0.2) is 12.4 Å². The Bertz CT molecular complexity index is 300. The van der Waals surface area contributed by atoms with Crippen LogP contribution in [0, 0.1) is 0 Å². The summed E-state index contributed by atoms with van der Waals surface area (Å²) in [7, 11) is 0. The van der Waals surface area contributed by atoms with E-state index in [4.69, 9.17) is 9.84 Å². The molecule has 0 aromatic carbocycles. The Morgan fingerprint density at radius 1 is 1.47 bits per heavy atom. The highest BCUT2D eigenvalue weighted by atomic mass is 16.5. The Morgan fingerprint density at radius 2 is 2.29 bits per heavy atom. The zero-order valence-corrected chi connectivity index (χ0v) is 10.7. The van der Waals surface area contributed by atoms with Crippen molar-refractivity contribution in [3.63, 3.8) is 0 Å². The van der Waals surface area contributed by atoms with Gasteiger partial charge in [-0.05, 0) is 26.8 Å². The molecule has 0 amide bonds. The molecule has 0 radical (unpaired) electrons. The smallest absolute Gasteiger partial charge is 0.0697 e. The second kappa shape index (κ2) is 8.22. The van der Waals surface area contributed by atoms with Gasteiger partial charge in [0, 0.05) is 31.0 Å². The van der Waals surface area contributed by atoms with Crippen LogP contribution in [0.5, 0.6) is 0 Å². The molecule has 0 unspecified atom stereocenters. The van der Waals surface area contributed by atoms with Gasteiger partial charge in [0.05, 0.1) is 19.4 Å². The predicted octanol–water partition coefficient (Wildman–Crippen LogP) is 0.953. The molecule has 0 bridgehead atoms. The lowest BCUT2D eigenvalue weighted by Crippen LogP contribution is -2.16. The number of aromatic nitrogens is 2. The molecule has 0 saturated carbocycles. The average Bonchev–Trinajstić information content (AvgIpc) is 2.77.